The van der Waals surface area contributed by atoms with Crippen LogP contribution in [-0.2, 0) is 19.1 Å². The van der Waals surface area contributed by atoms with Crippen LogP contribution < -0.4 is 0 Å². The molecule has 0 atom stereocenters. The van der Waals surface area contributed by atoms with E-state index in [2.05, 4.69) is 53.0 Å². The first-order valence-electron chi connectivity index (χ1n) is 9.69. The summed E-state index contributed by atoms with van der Waals surface area (Å²) in [5.74, 6) is -0.749. The van der Waals surface area contributed by atoms with E-state index in [9.17, 15) is 9.59 Å². The van der Waals surface area contributed by atoms with Crippen LogP contribution in [0.25, 0.3) is 0 Å². The van der Waals surface area contributed by atoms with Gasteiger partial charge in [0.15, 0.2) is 0 Å². The predicted molar refractivity (Wildman–Crippen MR) is 111 cm³/mol. The first kappa shape index (κ1) is 25.2. The monoisotopic (exact) mass is 378 g/mol. The van der Waals surface area contributed by atoms with Crippen LogP contribution in [0.2, 0.25) is 0 Å². The van der Waals surface area contributed by atoms with Crippen LogP contribution >= 0.6 is 0 Å². The van der Waals surface area contributed by atoms with Gasteiger partial charge in [0.2, 0.25) is 0 Å². The Hall–Kier alpha value is -1.84. The highest BCUT2D eigenvalue weighted by atomic mass is 16.6. The quantitative estimate of drug-likeness (QED) is 0.176. The molecule has 0 N–H and O–H groups in total. The van der Waals surface area contributed by atoms with Crippen LogP contribution in [0.3, 0.4) is 0 Å². The fourth-order valence-corrected chi connectivity index (χ4v) is 3.02. The maximum absolute atomic E-state index is 11.6. The van der Waals surface area contributed by atoms with Gasteiger partial charge in [-0.05, 0) is 51.4 Å². The average Bonchev–Trinajstić information content (AvgIpc) is 2.55. The molecule has 154 valence electrons. The van der Waals surface area contributed by atoms with Crippen LogP contribution in [0.15, 0.2) is 37.5 Å². The van der Waals surface area contributed by atoms with E-state index in [0.29, 0.717) is 6.61 Å². The summed E-state index contributed by atoms with van der Waals surface area (Å²) in [6.07, 6.45) is 11.7. The molecule has 0 aliphatic carbocycles. The van der Waals surface area contributed by atoms with Gasteiger partial charge in [-0.2, -0.15) is 0 Å². The van der Waals surface area contributed by atoms with Gasteiger partial charge in [0.25, 0.3) is 0 Å². The molecule has 0 spiro atoms. The lowest BCUT2D eigenvalue weighted by atomic mass is 9.67. The molecule has 4 heteroatoms. The highest BCUT2D eigenvalue weighted by Crippen LogP contribution is 2.44. The van der Waals surface area contributed by atoms with E-state index in [1.54, 1.807) is 0 Å². The van der Waals surface area contributed by atoms with Crippen molar-refractivity contribution in [2.75, 3.05) is 6.61 Å². The largest absolute Gasteiger partial charge is 0.463 e. The van der Waals surface area contributed by atoms with Crippen LogP contribution in [0.5, 0.6) is 0 Å². The SMILES string of the molecule is C=CC(=O)OCCCCC/C=C/C(C)(C)CC(C)(C)C(C)(C)OC(=O)C=C. The number of ether oxygens (including phenoxy) is 2. The molecule has 0 heterocycles. The Morgan fingerprint density at radius 2 is 1.48 bits per heavy atom. The third-order valence-corrected chi connectivity index (χ3v) is 5.04. The molecule has 0 amide bonds. The summed E-state index contributed by atoms with van der Waals surface area (Å²) in [5.41, 5.74) is -0.804. The normalized spacial score (nSPS) is 12.7. The molecular formula is C23H38O4. The molecule has 0 aromatic heterocycles. The summed E-state index contributed by atoms with van der Waals surface area (Å²) in [7, 11) is 0. The van der Waals surface area contributed by atoms with Crippen LogP contribution in [0.4, 0.5) is 0 Å². The zero-order valence-corrected chi connectivity index (χ0v) is 18.1. The van der Waals surface area contributed by atoms with Crippen LogP contribution in [-0.4, -0.2) is 24.1 Å². The molecule has 0 aromatic carbocycles. The summed E-state index contributed by atoms with van der Waals surface area (Å²) < 4.78 is 10.5. The minimum Gasteiger partial charge on any atom is -0.463 e. The summed E-state index contributed by atoms with van der Waals surface area (Å²) >= 11 is 0. The second kappa shape index (κ2) is 11.1. The Kier molecular flexibility index (Phi) is 10.3. The molecule has 0 aromatic rings. The van der Waals surface area contributed by atoms with Gasteiger partial charge in [-0.15, -0.1) is 0 Å². The standard InChI is InChI=1S/C23H38O4/c1-9-19(24)26-17-15-13-11-12-14-16-21(3,4)18-22(5,6)23(7,8)27-20(25)10-2/h9-10,14,16H,1-2,11-13,15,17-18H2,3-8H3/b16-14+. The zero-order valence-electron chi connectivity index (χ0n) is 18.1. The van der Waals surface area contributed by atoms with Gasteiger partial charge >= 0.3 is 11.9 Å². The van der Waals surface area contributed by atoms with Crippen molar-refractivity contribution >= 4 is 11.9 Å². The second-order valence-electron chi connectivity index (χ2n) is 8.81. The maximum atomic E-state index is 11.6. The van der Waals surface area contributed by atoms with E-state index >= 15 is 0 Å². The van der Waals surface area contributed by atoms with Crippen molar-refractivity contribution in [3.63, 3.8) is 0 Å². The smallest absolute Gasteiger partial charge is 0.330 e. The third kappa shape index (κ3) is 10.2. The summed E-state index contributed by atoms with van der Waals surface area (Å²) in [6.45, 7) is 19.9. The van der Waals surface area contributed by atoms with E-state index in [4.69, 9.17) is 9.47 Å². The van der Waals surface area contributed by atoms with Crippen LogP contribution in [0.1, 0.15) is 73.6 Å². The average molecular weight is 379 g/mol. The highest BCUT2D eigenvalue weighted by Gasteiger charge is 2.42. The molecule has 0 radical (unpaired) electrons. The lowest BCUT2D eigenvalue weighted by molar-refractivity contribution is -0.164. The van der Waals surface area contributed by atoms with Crippen molar-refractivity contribution in [1.82, 2.24) is 0 Å². The summed E-state index contributed by atoms with van der Waals surface area (Å²) in [4.78, 5) is 22.6. The minimum atomic E-state index is -0.591. The molecule has 27 heavy (non-hydrogen) atoms. The molecular weight excluding hydrogens is 340 g/mol. The first-order valence-corrected chi connectivity index (χ1v) is 9.69. The predicted octanol–water partition coefficient (Wildman–Crippen LogP) is 5.78. The van der Waals surface area contributed by atoms with E-state index in [1.165, 1.54) is 12.2 Å². The molecule has 0 saturated carbocycles. The van der Waals surface area contributed by atoms with Gasteiger partial charge in [0, 0.05) is 17.6 Å². The topological polar surface area (TPSA) is 52.6 Å². The molecule has 0 unspecified atom stereocenters. The van der Waals surface area contributed by atoms with E-state index in [1.807, 2.05) is 13.8 Å². The summed E-state index contributed by atoms with van der Waals surface area (Å²) in [5, 5.41) is 0. The Balaban J connectivity index is 4.42. The van der Waals surface area contributed by atoms with Crippen molar-refractivity contribution < 1.29 is 19.1 Å². The van der Waals surface area contributed by atoms with Crippen LogP contribution in [0, 0.1) is 10.8 Å². The van der Waals surface area contributed by atoms with Gasteiger partial charge in [0.1, 0.15) is 5.60 Å². The van der Waals surface area contributed by atoms with Crippen molar-refractivity contribution in [3.05, 3.63) is 37.5 Å². The number of unbranched alkanes of at least 4 members (excludes halogenated alkanes) is 3. The lowest BCUT2D eigenvalue weighted by Gasteiger charge is -2.44. The van der Waals surface area contributed by atoms with Crippen molar-refractivity contribution in [2.24, 2.45) is 10.8 Å². The Labute approximate surface area is 165 Å². The number of carbonyl (C=O) groups excluding carboxylic acids is 2. The molecule has 0 saturated heterocycles. The third-order valence-electron chi connectivity index (χ3n) is 5.04. The lowest BCUT2D eigenvalue weighted by Crippen LogP contribution is -2.45. The Morgan fingerprint density at radius 3 is 2.04 bits per heavy atom. The Morgan fingerprint density at radius 1 is 0.889 bits per heavy atom. The van der Waals surface area contributed by atoms with E-state index < -0.39 is 5.60 Å². The van der Waals surface area contributed by atoms with E-state index in [-0.39, 0.29) is 22.8 Å². The number of hydrogen-bond donors (Lipinski definition) is 0. The number of rotatable bonds is 13. The second-order valence-corrected chi connectivity index (χ2v) is 8.81. The number of esters is 2. The van der Waals surface area contributed by atoms with Gasteiger partial charge in [-0.3, -0.25) is 0 Å². The number of carbonyl (C=O) groups is 2. The van der Waals surface area contributed by atoms with Gasteiger partial charge in [-0.25, -0.2) is 9.59 Å². The summed E-state index contributed by atoms with van der Waals surface area (Å²) in [6, 6.07) is 0. The van der Waals surface area contributed by atoms with E-state index in [0.717, 1.165) is 32.1 Å². The number of hydrogen-bond acceptors (Lipinski definition) is 4. The highest BCUT2D eigenvalue weighted by molar-refractivity contribution is 5.81. The molecule has 0 rings (SSSR count). The fraction of sp³-hybridized carbons (Fsp3) is 0.652. The van der Waals surface area contributed by atoms with Gasteiger partial charge in [0.05, 0.1) is 6.61 Å². The molecule has 0 bridgehead atoms. The minimum absolute atomic E-state index is 0.0130. The van der Waals surface area contributed by atoms with Gasteiger partial charge < -0.3 is 9.47 Å². The molecule has 4 nitrogen and oxygen atoms in total. The molecule has 0 fully saturated rings. The first-order chi connectivity index (χ1) is 12.4. The van der Waals surface area contributed by atoms with Crippen molar-refractivity contribution in [1.29, 1.82) is 0 Å². The maximum Gasteiger partial charge on any atom is 0.330 e. The van der Waals surface area contributed by atoms with Gasteiger partial charge in [-0.1, -0.05) is 53.0 Å². The van der Waals surface area contributed by atoms with Crippen molar-refractivity contribution in [2.45, 2.75) is 79.2 Å². The number of allylic oxidation sites excluding steroid dienone is 2. The zero-order chi connectivity index (χ0) is 21.1. The Bertz CT molecular complexity index is 539. The molecule has 0 aliphatic rings. The fourth-order valence-electron chi connectivity index (χ4n) is 3.02. The molecule has 0 aliphatic heterocycles. The van der Waals surface area contributed by atoms with Crippen molar-refractivity contribution in [3.8, 4) is 0 Å².